The van der Waals surface area contributed by atoms with Crippen LogP contribution in [0.5, 0.6) is 0 Å². The van der Waals surface area contributed by atoms with E-state index in [0.29, 0.717) is 19.6 Å². The fourth-order valence-electron chi connectivity index (χ4n) is 4.78. The Morgan fingerprint density at radius 3 is 2.53 bits per heavy atom. The van der Waals surface area contributed by atoms with Gasteiger partial charge in [0.1, 0.15) is 10.5 Å². The monoisotopic (exact) mass is 552 g/mol. The van der Waals surface area contributed by atoms with E-state index in [1.165, 1.54) is 0 Å². The molecule has 0 spiro atoms. The standard InChI is InChI=1S/C30H36N2O4S2/c1-6-21(4)17-18-22(5)38(34,35)36-20-19-32-25-15-11-9-13-23(25)27-28(32)24-14-10-12-16-26(24)37-29(27)30(33)31(7-2)8-3/h6,9-18,22,29H,7-8,19-20H2,1-5H3/b18-17-,21-6-. The average molecular weight is 553 g/mol. The van der Waals surface area contributed by atoms with Gasteiger partial charge in [0, 0.05) is 46.6 Å². The van der Waals surface area contributed by atoms with Crippen molar-refractivity contribution in [1.29, 1.82) is 0 Å². The Morgan fingerprint density at radius 1 is 1.13 bits per heavy atom. The zero-order valence-electron chi connectivity index (χ0n) is 22.7. The summed E-state index contributed by atoms with van der Waals surface area (Å²) in [6.45, 7) is 11.1. The number of nitrogens with zero attached hydrogens (tertiary/aromatic N) is 2. The van der Waals surface area contributed by atoms with E-state index in [2.05, 4.69) is 22.8 Å². The van der Waals surface area contributed by atoms with Crippen LogP contribution in [0.2, 0.25) is 0 Å². The summed E-state index contributed by atoms with van der Waals surface area (Å²) >= 11 is 1.59. The van der Waals surface area contributed by atoms with Gasteiger partial charge in [0.15, 0.2) is 0 Å². The van der Waals surface area contributed by atoms with E-state index in [4.69, 9.17) is 4.18 Å². The van der Waals surface area contributed by atoms with Gasteiger partial charge < -0.3 is 9.47 Å². The topological polar surface area (TPSA) is 68.6 Å². The van der Waals surface area contributed by atoms with Crippen molar-refractivity contribution in [3.8, 4) is 11.3 Å². The van der Waals surface area contributed by atoms with Gasteiger partial charge in [-0.15, -0.1) is 11.8 Å². The molecule has 2 aromatic carbocycles. The van der Waals surface area contributed by atoms with Gasteiger partial charge >= 0.3 is 0 Å². The molecule has 2 unspecified atom stereocenters. The number of likely N-dealkylation sites (N-methyl/N-ethyl adjacent to an activating group) is 1. The fourth-order valence-corrected chi connectivity index (χ4v) is 6.88. The van der Waals surface area contributed by atoms with E-state index < -0.39 is 15.4 Å². The second-order valence-electron chi connectivity index (χ2n) is 9.35. The smallest absolute Gasteiger partial charge is 0.273 e. The predicted octanol–water partition coefficient (Wildman–Crippen LogP) is 6.58. The van der Waals surface area contributed by atoms with Crippen LogP contribution in [-0.4, -0.2) is 48.7 Å². The Bertz CT molecular complexity index is 1480. The van der Waals surface area contributed by atoms with Gasteiger partial charge in [-0.25, -0.2) is 0 Å². The number of amides is 1. The van der Waals surface area contributed by atoms with Crippen molar-refractivity contribution >= 4 is 38.7 Å². The molecule has 0 fully saturated rings. The molecule has 3 aromatic rings. The lowest BCUT2D eigenvalue weighted by Gasteiger charge is -2.30. The molecule has 2 atom stereocenters. The third kappa shape index (κ3) is 5.48. The van der Waals surface area contributed by atoms with Crippen LogP contribution in [-0.2, 0) is 25.6 Å². The second-order valence-corrected chi connectivity index (χ2v) is 12.5. The van der Waals surface area contributed by atoms with E-state index in [-0.39, 0.29) is 17.8 Å². The number of allylic oxidation sites excluding steroid dienone is 3. The molecule has 8 heteroatoms. The molecule has 1 aliphatic heterocycles. The van der Waals surface area contributed by atoms with Gasteiger partial charge in [-0.05, 0) is 46.8 Å². The molecule has 38 heavy (non-hydrogen) atoms. The van der Waals surface area contributed by atoms with E-state index >= 15 is 0 Å². The number of aromatic nitrogens is 1. The van der Waals surface area contributed by atoms with Crippen LogP contribution in [0.25, 0.3) is 22.2 Å². The summed E-state index contributed by atoms with van der Waals surface area (Å²) < 4.78 is 33.3. The number of benzene rings is 2. The molecule has 1 aliphatic rings. The van der Waals surface area contributed by atoms with Crippen LogP contribution >= 0.6 is 11.8 Å². The summed E-state index contributed by atoms with van der Waals surface area (Å²) in [6.07, 6.45) is 5.36. The molecule has 202 valence electrons. The summed E-state index contributed by atoms with van der Waals surface area (Å²) in [7, 11) is -3.79. The lowest BCUT2D eigenvalue weighted by Crippen LogP contribution is -2.34. The van der Waals surface area contributed by atoms with Gasteiger partial charge in [0.2, 0.25) is 5.91 Å². The highest BCUT2D eigenvalue weighted by Crippen LogP contribution is 2.53. The highest BCUT2D eigenvalue weighted by molar-refractivity contribution is 8.00. The van der Waals surface area contributed by atoms with Crippen LogP contribution in [0, 0.1) is 0 Å². The molecular formula is C30H36N2O4S2. The van der Waals surface area contributed by atoms with Crippen LogP contribution in [0.4, 0.5) is 0 Å². The molecule has 1 aromatic heterocycles. The third-order valence-electron chi connectivity index (χ3n) is 7.06. The Labute approximate surface area is 230 Å². The van der Waals surface area contributed by atoms with Crippen molar-refractivity contribution in [1.82, 2.24) is 9.47 Å². The maximum Gasteiger partial charge on any atom is 0.273 e. The van der Waals surface area contributed by atoms with Crippen molar-refractivity contribution < 1.29 is 17.4 Å². The predicted molar refractivity (Wildman–Crippen MR) is 157 cm³/mol. The second kappa shape index (κ2) is 11.9. The molecule has 6 nitrogen and oxygen atoms in total. The summed E-state index contributed by atoms with van der Waals surface area (Å²) in [6, 6.07) is 16.1. The number of fused-ring (bicyclic) bond motifs is 5. The number of carbonyl (C=O) groups is 1. The summed E-state index contributed by atoms with van der Waals surface area (Å²) in [5.41, 5.74) is 4.95. The zero-order chi connectivity index (χ0) is 27.4. The number of hydrogen-bond donors (Lipinski definition) is 0. The lowest BCUT2D eigenvalue weighted by atomic mass is 10.0. The normalized spacial score (nSPS) is 16.4. The Balaban J connectivity index is 1.74. The molecule has 0 saturated carbocycles. The van der Waals surface area contributed by atoms with Crippen LogP contribution in [0.1, 0.15) is 45.4 Å². The van der Waals surface area contributed by atoms with Crippen LogP contribution in [0.3, 0.4) is 0 Å². The Hall–Kier alpha value is -2.81. The third-order valence-corrected chi connectivity index (χ3v) is 9.91. The summed E-state index contributed by atoms with van der Waals surface area (Å²) in [4.78, 5) is 16.6. The first-order valence-corrected chi connectivity index (χ1v) is 15.4. The number of thioether (sulfide) groups is 1. The van der Waals surface area contributed by atoms with Crippen molar-refractivity contribution in [3.05, 3.63) is 77.9 Å². The van der Waals surface area contributed by atoms with Gasteiger partial charge in [0.25, 0.3) is 10.1 Å². The van der Waals surface area contributed by atoms with Crippen molar-refractivity contribution in [3.63, 3.8) is 0 Å². The van der Waals surface area contributed by atoms with Gasteiger partial charge in [-0.3, -0.25) is 8.98 Å². The molecule has 1 amide bonds. The molecular weight excluding hydrogens is 516 g/mol. The minimum absolute atomic E-state index is 0.00179. The molecule has 0 bridgehead atoms. The first kappa shape index (κ1) is 28.2. The van der Waals surface area contributed by atoms with Crippen molar-refractivity contribution in [2.75, 3.05) is 19.7 Å². The van der Waals surface area contributed by atoms with Crippen molar-refractivity contribution in [2.24, 2.45) is 0 Å². The molecule has 0 aliphatic carbocycles. The minimum Gasteiger partial charge on any atom is -0.342 e. The van der Waals surface area contributed by atoms with Crippen LogP contribution < -0.4 is 0 Å². The maximum absolute atomic E-state index is 13.7. The van der Waals surface area contributed by atoms with E-state index in [0.717, 1.165) is 38.2 Å². The van der Waals surface area contributed by atoms with E-state index in [1.54, 1.807) is 30.8 Å². The quantitative estimate of drug-likeness (QED) is 0.210. The maximum atomic E-state index is 13.7. The molecule has 2 heterocycles. The number of hydrogen-bond acceptors (Lipinski definition) is 5. The first-order chi connectivity index (χ1) is 18.2. The fraction of sp³-hybridized carbons (Fsp3) is 0.367. The van der Waals surface area contributed by atoms with Gasteiger partial charge in [0.05, 0.1) is 12.3 Å². The highest BCUT2D eigenvalue weighted by Gasteiger charge is 2.37. The average Bonchev–Trinajstić information content (AvgIpc) is 3.26. The molecule has 0 saturated heterocycles. The largest absolute Gasteiger partial charge is 0.342 e. The first-order valence-electron chi connectivity index (χ1n) is 13.1. The number of para-hydroxylation sites is 1. The van der Waals surface area contributed by atoms with Crippen molar-refractivity contribution in [2.45, 2.75) is 56.6 Å². The molecule has 0 N–H and O–H groups in total. The number of carbonyl (C=O) groups excluding carboxylic acids is 1. The minimum atomic E-state index is -3.79. The molecule has 4 rings (SSSR count). The lowest BCUT2D eigenvalue weighted by molar-refractivity contribution is -0.130. The Kier molecular flexibility index (Phi) is 8.85. The van der Waals surface area contributed by atoms with Gasteiger partial charge in [-0.1, -0.05) is 60.2 Å². The molecule has 0 radical (unpaired) electrons. The van der Waals surface area contributed by atoms with E-state index in [1.807, 2.05) is 69.0 Å². The highest BCUT2D eigenvalue weighted by atomic mass is 32.2. The zero-order valence-corrected chi connectivity index (χ0v) is 24.3. The summed E-state index contributed by atoms with van der Waals surface area (Å²) in [5.74, 6) is 0.0921. The SMILES string of the molecule is C/C=C(C)\C=C/C(C)S(=O)(=O)OCCn1c2c(c3ccccc31)C(C(=O)N(CC)CC)Sc1ccccc1-2. The van der Waals surface area contributed by atoms with E-state index in [9.17, 15) is 13.2 Å². The number of rotatable bonds is 10. The summed E-state index contributed by atoms with van der Waals surface area (Å²) in [5, 5.41) is -0.132. The van der Waals surface area contributed by atoms with Crippen LogP contribution in [0.15, 0.2) is 77.2 Å². The van der Waals surface area contributed by atoms with Gasteiger partial charge in [-0.2, -0.15) is 8.42 Å². The Morgan fingerprint density at radius 2 is 1.82 bits per heavy atom.